The van der Waals surface area contributed by atoms with Gasteiger partial charge in [0, 0.05) is 31.1 Å². The number of hydrogen-bond acceptors (Lipinski definition) is 5. The second kappa shape index (κ2) is 6.60. The normalized spacial score (nSPS) is 16.8. The second-order valence-corrected chi connectivity index (χ2v) is 6.82. The van der Waals surface area contributed by atoms with E-state index in [0.717, 1.165) is 36.6 Å². The maximum atomic E-state index is 12.5. The molecule has 1 saturated heterocycles. The summed E-state index contributed by atoms with van der Waals surface area (Å²) in [5.41, 5.74) is 7.78. The molecule has 0 amide bonds. The first-order chi connectivity index (χ1) is 10.6. The number of piperazine rings is 1. The quantitative estimate of drug-likeness (QED) is 0.881. The SMILES string of the molecule is CN1CCN(CC(=O)c2sc(-c3ccccc3)cc2N)CC1. The van der Waals surface area contributed by atoms with Gasteiger partial charge >= 0.3 is 0 Å². The van der Waals surface area contributed by atoms with Crippen LogP contribution in [0.5, 0.6) is 0 Å². The first-order valence-corrected chi connectivity index (χ1v) is 8.34. The molecular weight excluding hydrogens is 294 g/mol. The third kappa shape index (κ3) is 3.38. The molecule has 2 aromatic rings. The van der Waals surface area contributed by atoms with Gasteiger partial charge in [0.2, 0.25) is 0 Å². The number of carbonyl (C=O) groups is 1. The molecule has 3 rings (SSSR count). The van der Waals surface area contributed by atoms with Gasteiger partial charge < -0.3 is 10.6 Å². The number of thiophene rings is 1. The highest BCUT2D eigenvalue weighted by Crippen LogP contribution is 2.33. The summed E-state index contributed by atoms with van der Waals surface area (Å²) in [6.45, 7) is 4.38. The average Bonchev–Trinajstić information content (AvgIpc) is 2.92. The molecule has 4 nitrogen and oxygen atoms in total. The van der Waals surface area contributed by atoms with E-state index in [0.29, 0.717) is 17.1 Å². The van der Waals surface area contributed by atoms with Crippen molar-refractivity contribution in [1.82, 2.24) is 9.80 Å². The zero-order valence-electron chi connectivity index (χ0n) is 12.8. The van der Waals surface area contributed by atoms with E-state index in [1.54, 1.807) is 0 Å². The Morgan fingerprint density at radius 2 is 1.86 bits per heavy atom. The fourth-order valence-electron chi connectivity index (χ4n) is 2.65. The van der Waals surface area contributed by atoms with Crippen LogP contribution in [0.15, 0.2) is 36.4 Å². The van der Waals surface area contributed by atoms with E-state index in [1.807, 2.05) is 36.4 Å². The zero-order chi connectivity index (χ0) is 15.5. The number of likely N-dealkylation sites (N-methyl/N-ethyl adjacent to an activating group) is 1. The van der Waals surface area contributed by atoms with Gasteiger partial charge in [0.1, 0.15) is 0 Å². The number of carbonyl (C=O) groups excluding carboxylic acids is 1. The van der Waals surface area contributed by atoms with Crippen LogP contribution in [0.1, 0.15) is 9.67 Å². The highest BCUT2D eigenvalue weighted by atomic mass is 32.1. The Labute approximate surface area is 135 Å². The van der Waals surface area contributed by atoms with Gasteiger partial charge in [-0.3, -0.25) is 9.69 Å². The Morgan fingerprint density at radius 3 is 2.55 bits per heavy atom. The van der Waals surface area contributed by atoms with Gasteiger partial charge in [0.25, 0.3) is 0 Å². The summed E-state index contributed by atoms with van der Waals surface area (Å²) in [7, 11) is 2.11. The lowest BCUT2D eigenvalue weighted by Crippen LogP contribution is -2.46. The maximum Gasteiger partial charge on any atom is 0.188 e. The second-order valence-electron chi connectivity index (χ2n) is 5.76. The number of ketones is 1. The molecule has 22 heavy (non-hydrogen) atoms. The molecule has 0 bridgehead atoms. The number of hydrogen-bond donors (Lipinski definition) is 1. The zero-order valence-corrected chi connectivity index (χ0v) is 13.6. The summed E-state index contributed by atoms with van der Waals surface area (Å²) in [6, 6.07) is 12.0. The highest BCUT2D eigenvalue weighted by Gasteiger charge is 2.20. The summed E-state index contributed by atoms with van der Waals surface area (Å²) >= 11 is 1.50. The minimum absolute atomic E-state index is 0.134. The summed E-state index contributed by atoms with van der Waals surface area (Å²) in [5.74, 6) is 0.134. The average molecular weight is 315 g/mol. The molecular formula is C17H21N3OS. The molecule has 1 aliphatic rings. The van der Waals surface area contributed by atoms with Crippen LogP contribution in [-0.2, 0) is 0 Å². The van der Waals surface area contributed by atoms with E-state index in [-0.39, 0.29) is 5.78 Å². The molecule has 0 unspecified atom stereocenters. The fraction of sp³-hybridized carbons (Fsp3) is 0.353. The topological polar surface area (TPSA) is 49.6 Å². The predicted octanol–water partition coefficient (Wildman–Crippen LogP) is 2.43. The number of anilines is 1. The number of nitrogens with zero attached hydrogens (tertiary/aromatic N) is 2. The van der Waals surface area contributed by atoms with E-state index in [4.69, 9.17) is 5.73 Å². The molecule has 1 fully saturated rings. The van der Waals surface area contributed by atoms with Gasteiger partial charge in [0.05, 0.1) is 17.1 Å². The third-order valence-electron chi connectivity index (χ3n) is 4.04. The number of nitrogen functional groups attached to an aromatic ring is 1. The Hall–Kier alpha value is -1.69. The van der Waals surface area contributed by atoms with Gasteiger partial charge in [0.15, 0.2) is 5.78 Å². The van der Waals surface area contributed by atoms with Crippen molar-refractivity contribution >= 4 is 22.8 Å². The molecule has 0 spiro atoms. The van der Waals surface area contributed by atoms with Crippen LogP contribution in [0, 0.1) is 0 Å². The molecule has 2 heterocycles. The van der Waals surface area contributed by atoms with Crippen molar-refractivity contribution in [3.63, 3.8) is 0 Å². The number of benzene rings is 1. The first kappa shape index (κ1) is 15.2. The van der Waals surface area contributed by atoms with Gasteiger partial charge in [-0.05, 0) is 18.7 Å². The smallest absolute Gasteiger partial charge is 0.188 e. The molecule has 0 atom stereocenters. The monoisotopic (exact) mass is 315 g/mol. The number of Topliss-reactive ketones (excluding diaryl/α,β-unsaturated/α-hetero) is 1. The Bertz CT molecular complexity index is 645. The molecule has 116 valence electrons. The molecule has 1 aromatic carbocycles. The van der Waals surface area contributed by atoms with Crippen LogP contribution in [-0.4, -0.2) is 55.4 Å². The van der Waals surface area contributed by atoms with Crippen molar-refractivity contribution in [2.24, 2.45) is 0 Å². The van der Waals surface area contributed by atoms with E-state index in [1.165, 1.54) is 11.3 Å². The van der Waals surface area contributed by atoms with Crippen molar-refractivity contribution in [1.29, 1.82) is 0 Å². The van der Waals surface area contributed by atoms with Crippen molar-refractivity contribution in [3.05, 3.63) is 41.3 Å². The Balaban J connectivity index is 1.72. The van der Waals surface area contributed by atoms with Gasteiger partial charge in [-0.2, -0.15) is 0 Å². The standard InChI is InChI=1S/C17H21N3OS/c1-19-7-9-20(10-8-19)12-15(21)17-14(18)11-16(22-17)13-5-3-2-4-6-13/h2-6,11H,7-10,12,18H2,1H3. The van der Waals surface area contributed by atoms with Crippen LogP contribution in [0.2, 0.25) is 0 Å². The summed E-state index contributed by atoms with van der Waals surface area (Å²) in [4.78, 5) is 18.8. The molecule has 0 aliphatic carbocycles. The minimum Gasteiger partial charge on any atom is -0.397 e. The summed E-state index contributed by atoms with van der Waals surface area (Å²) in [6.07, 6.45) is 0. The van der Waals surface area contributed by atoms with Crippen molar-refractivity contribution < 1.29 is 4.79 Å². The van der Waals surface area contributed by atoms with Gasteiger partial charge in [-0.25, -0.2) is 0 Å². The van der Waals surface area contributed by atoms with Crippen LogP contribution in [0.4, 0.5) is 5.69 Å². The summed E-state index contributed by atoms with van der Waals surface area (Å²) < 4.78 is 0. The van der Waals surface area contributed by atoms with Crippen LogP contribution < -0.4 is 5.73 Å². The minimum atomic E-state index is 0.134. The Morgan fingerprint density at radius 1 is 1.18 bits per heavy atom. The van der Waals surface area contributed by atoms with Crippen molar-refractivity contribution in [3.8, 4) is 10.4 Å². The fourth-order valence-corrected chi connectivity index (χ4v) is 3.66. The van der Waals surface area contributed by atoms with Gasteiger partial charge in [-0.1, -0.05) is 30.3 Å². The molecule has 0 radical (unpaired) electrons. The number of nitrogens with two attached hydrogens (primary N) is 1. The van der Waals surface area contributed by atoms with E-state index >= 15 is 0 Å². The lowest BCUT2D eigenvalue weighted by Gasteiger charge is -2.31. The predicted molar refractivity (Wildman–Crippen MR) is 92.4 cm³/mol. The van der Waals surface area contributed by atoms with Crippen LogP contribution in [0.25, 0.3) is 10.4 Å². The van der Waals surface area contributed by atoms with E-state index in [9.17, 15) is 4.79 Å². The number of rotatable bonds is 4. The molecule has 0 saturated carbocycles. The largest absolute Gasteiger partial charge is 0.397 e. The third-order valence-corrected chi connectivity index (χ3v) is 5.28. The Kier molecular flexibility index (Phi) is 4.57. The lowest BCUT2D eigenvalue weighted by molar-refractivity contribution is 0.0881. The van der Waals surface area contributed by atoms with Crippen LogP contribution >= 0.6 is 11.3 Å². The first-order valence-electron chi connectivity index (χ1n) is 7.52. The molecule has 1 aromatic heterocycles. The summed E-state index contributed by atoms with van der Waals surface area (Å²) in [5, 5.41) is 0. The van der Waals surface area contributed by atoms with Crippen molar-refractivity contribution in [2.75, 3.05) is 45.5 Å². The molecule has 1 aliphatic heterocycles. The maximum absolute atomic E-state index is 12.5. The molecule has 2 N–H and O–H groups in total. The highest BCUT2D eigenvalue weighted by molar-refractivity contribution is 7.18. The molecule has 5 heteroatoms. The van der Waals surface area contributed by atoms with Crippen LogP contribution in [0.3, 0.4) is 0 Å². The van der Waals surface area contributed by atoms with Gasteiger partial charge in [-0.15, -0.1) is 11.3 Å². The van der Waals surface area contributed by atoms with Crippen molar-refractivity contribution in [2.45, 2.75) is 0 Å². The lowest BCUT2D eigenvalue weighted by atomic mass is 10.2. The van der Waals surface area contributed by atoms with E-state index in [2.05, 4.69) is 16.8 Å². The van der Waals surface area contributed by atoms with E-state index < -0.39 is 0 Å².